The number of nitrogens with zero attached hydrogens (tertiary/aromatic N) is 2. The van der Waals surface area contributed by atoms with Crippen molar-refractivity contribution in [1.29, 1.82) is 0 Å². The summed E-state index contributed by atoms with van der Waals surface area (Å²) in [6, 6.07) is 5.78. The Labute approximate surface area is 130 Å². The maximum atomic E-state index is 12.9. The number of carbonyl (C=O) groups is 2. The molecule has 0 radical (unpaired) electrons. The number of oxazole rings is 1. The normalized spacial score (nSPS) is 14.7. The molecule has 1 aromatic heterocycles. The second-order valence-electron chi connectivity index (χ2n) is 5.24. The molecule has 0 unspecified atom stereocenters. The minimum atomic E-state index is -0.600. The molecule has 118 valence electrons. The number of hydrogen-bond acceptors (Lipinski definition) is 5. The van der Waals surface area contributed by atoms with Gasteiger partial charge in [-0.25, -0.2) is 9.37 Å². The highest BCUT2D eigenvalue weighted by Gasteiger charge is 2.34. The van der Waals surface area contributed by atoms with Crippen molar-refractivity contribution in [2.75, 3.05) is 13.6 Å². The zero-order valence-corrected chi connectivity index (χ0v) is 12.2. The molecule has 0 aliphatic carbocycles. The van der Waals surface area contributed by atoms with E-state index in [2.05, 4.69) is 4.98 Å². The summed E-state index contributed by atoms with van der Waals surface area (Å²) in [5.41, 5.74) is 0.778. The van der Waals surface area contributed by atoms with Crippen LogP contribution in [-0.4, -0.2) is 40.3 Å². The first-order valence-corrected chi connectivity index (χ1v) is 6.86. The van der Waals surface area contributed by atoms with E-state index in [0.29, 0.717) is 5.76 Å². The minimum Gasteiger partial charge on any atom is -0.503 e. The van der Waals surface area contributed by atoms with Gasteiger partial charge in [-0.2, -0.15) is 0 Å². The van der Waals surface area contributed by atoms with Gasteiger partial charge in [-0.15, -0.1) is 0 Å². The van der Waals surface area contributed by atoms with Gasteiger partial charge in [0.15, 0.2) is 17.8 Å². The lowest BCUT2D eigenvalue weighted by Gasteiger charge is -2.06. The number of hydrogen-bond donors (Lipinski definition) is 1. The predicted octanol–water partition coefficient (Wildman–Crippen LogP) is 1.87. The molecule has 0 spiro atoms. The summed E-state index contributed by atoms with van der Waals surface area (Å²) in [6.07, 6.45) is 1.38. The molecule has 0 fully saturated rings. The van der Waals surface area contributed by atoms with Crippen molar-refractivity contribution in [3.63, 3.8) is 0 Å². The molecule has 6 nitrogen and oxygen atoms in total. The van der Waals surface area contributed by atoms with Crippen LogP contribution < -0.4 is 0 Å². The molecule has 0 bridgehead atoms. The molecule has 1 N–H and O–H groups in total. The van der Waals surface area contributed by atoms with Crippen molar-refractivity contribution in [2.45, 2.75) is 6.42 Å². The quantitative estimate of drug-likeness (QED) is 0.871. The molecule has 1 aliphatic heterocycles. The summed E-state index contributed by atoms with van der Waals surface area (Å²) in [5.74, 6) is -1.77. The highest BCUT2D eigenvalue weighted by molar-refractivity contribution is 6.14. The summed E-state index contributed by atoms with van der Waals surface area (Å²) in [4.78, 5) is 29.2. The maximum Gasteiger partial charge on any atom is 0.289 e. The van der Waals surface area contributed by atoms with Gasteiger partial charge in [0.25, 0.3) is 5.91 Å². The van der Waals surface area contributed by atoms with Gasteiger partial charge in [-0.1, -0.05) is 12.1 Å². The maximum absolute atomic E-state index is 12.9. The van der Waals surface area contributed by atoms with Gasteiger partial charge in [0.05, 0.1) is 12.1 Å². The molecule has 1 amide bonds. The number of aliphatic hydroxyl groups excluding tert-OH is 1. The fourth-order valence-corrected chi connectivity index (χ4v) is 2.38. The van der Waals surface area contributed by atoms with Gasteiger partial charge < -0.3 is 14.4 Å². The van der Waals surface area contributed by atoms with Gasteiger partial charge in [0, 0.05) is 13.5 Å². The number of rotatable bonds is 4. The average Bonchev–Trinajstić information content (AvgIpc) is 3.09. The molecule has 0 saturated carbocycles. The first-order valence-electron chi connectivity index (χ1n) is 6.86. The highest BCUT2D eigenvalue weighted by atomic mass is 19.1. The summed E-state index contributed by atoms with van der Waals surface area (Å²) in [7, 11) is 1.49. The topological polar surface area (TPSA) is 83.6 Å². The zero-order chi connectivity index (χ0) is 16.6. The number of aliphatic hydroxyl groups is 1. The minimum absolute atomic E-state index is 0.00763. The standard InChI is InChI=1S/C16H13FN2O4/c1-19-7-11(15(21)16(19)22)14(20)13-12(23-8-18-13)6-9-2-4-10(17)5-3-9/h2-5,8,21H,6-7H2,1H3. The first kappa shape index (κ1) is 15.0. The Morgan fingerprint density at radius 3 is 2.70 bits per heavy atom. The average molecular weight is 316 g/mol. The van der Waals surface area contributed by atoms with Gasteiger partial charge >= 0.3 is 0 Å². The van der Waals surface area contributed by atoms with Crippen LogP contribution in [-0.2, 0) is 11.2 Å². The smallest absolute Gasteiger partial charge is 0.289 e. The second-order valence-corrected chi connectivity index (χ2v) is 5.24. The molecule has 1 aromatic carbocycles. The predicted molar refractivity (Wildman–Crippen MR) is 77.3 cm³/mol. The molecule has 2 aromatic rings. The fraction of sp³-hybridized carbons (Fsp3) is 0.188. The lowest BCUT2D eigenvalue weighted by molar-refractivity contribution is -0.126. The van der Waals surface area contributed by atoms with Crippen molar-refractivity contribution in [2.24, 2.45) is 0 Å². The number of aromatic nitrogens is 1. The lowest BCUT2D eigenvalue weighted by atomic mass is 10.0. The van der Waals surface area contributed by atoms with Crippen LogP contribution in [0.4, 0.5) is 4.39 Å². The molecule has 0 atom stereocenters. The largest absolute Gasteiger partial charge is 0.503 e. The Bertz CT molecular complexity index is 808. The Morgan fingerprint density at radius 1 is 1.39 bits per heavy atom. The molecule has 3 rings (SSSR count). The first-order chi connectivity index (χ1) is 11.0. The number of likely N-dealkylation sites (N-methyl/N-ethyl adjacent to an activating group) is 1. The van der Waals surface area contributed by atoms with Crippen LogP contribution in [0.15, 0.2) is 46.4 Å². The van der Waals surface area contributed by atoms with E-state index in [9.17, 15) is 19.1 Å². The SMILES string of the molecule is CN1CC(C(=O)c2ncoc2Cc2ccc(F)cc2)=C(O)C1=O. The van der Waals surface area contributed by atoms with E-state index in [1.807, 2.05) is 0 Å². The number of ketones is 1. The monoisotopic (exact) mass is 316 g/mol. The van der Waals surface area contributed by atoms with E-state index in [4.69, 9.17) is 4.42 Å². The van der Waals surface area contributed by atoms with Gasteiger partial charge in [-0.05, 0) is 17.7 Å². The van der Waals surface area contributed by atoms with Crippen LogP contribution in [0.25, 0.3) is 0 Å². The number of amides is 1. The van der Waals surface area contributed by atoms with E-state index >= 15 is 0 Å². The third-order valence-corrected chi connectivity index (χ3v) is 3.64. The van der Waals surface area contributed by atoms with Crippen LogP contribution in [0.3, 0.4) is 0 Å². The third-order valence-electron chi connectivity index (χ3n) is 3.64. The van der Waals surface area contributed by atoms with E-state index in [0.717, 1.165) is 12.0 Å². The van der Waals surface area contributed by atoms with Gasteiger partial charge in [0.1, 0.15) is 11.6 Å². The molecule has 0 saturated heterocycles. The van der Waals surface area contributed by atoms with E-state index in [-0.39, 0.29) is 30.0 Å². The zero-order valence-electron chi connectivity index (χ0n) is 12.2. The molecule has 1 aliphatic rings. The van der Waals surface area contributed by atoms with Crippen molar-refractivity contribution >= 4 is 11.7 Å². The van der Waals surface area contributed by atoms with Crippen LogP contribution in [0.1, 0.15) is 21.8 Å². The van der Waals surface area contributed by atoms with E-state index in [1.54, 1.807) is 12.1 Å². The van der Waals surface area contributed by atoms with Crippen LogP contribution >= 0.6 is 0 Å². The molecular weight excluding hydrogens is 303 g/mol. The van der Waals surface area contributed by atoms with Crippen molar-refractivity contribution in [3.05, 3.63) is 64.8 Å². The highest BCUT2D eigenvalue weighted by Crippen LogP contribution is 2.22. The molecular formula is C16H13FN2O4. The molecule has 23 heavy (non-hydrogen) atoms. The third kappa shape index (κ3) is 2.73. The van der Waals surface area contributed by atoms with Gasteiger partial charge in [-0.3, -0.25) is 9.59 Å². The summed E-state index contributed by atoms with van der Waals surface area (Å²) in [5, 5.41) is 9.78. The Balaban J connectivity index is 1.88. The summed E-state index contributed by atoms with van der Waals surface area (Å²) >= 11 is 0. The number of Topliss-reactive ketones (excluding diaryl/α,β-unsaturated/α-hetero) is 1. The molecule has 2 heterocycles. The van der Waals surface area contributed by atoms with Crippen molar-refractivity contribution in [1.82, 2.24) is 9.88 Å². The lowest BCUT2D eigenvalue weighted by Crippen LogP contribution is -2.22. The van der Waals surface area contributed by atoms with Crippen LogP contribution in [0.5, 0.6) is 0 Å². The number of halogens is 1. The Hall–Kier alpha value is -2.96. The molecule has 7 heteroatoms. The summed E-state index contributed by atoms with van der Waals surface area (Å²) < 4.78 is 18.2. The van der Waals surface area contributed by atoms with Gasteiger partial charge in [0.2, 0.25) is 5.78 Å². The second kappa shape index (κ2) is 5.68. The van der Waals surface area contributed by atoms with Crippen LogP contribution in [0.2, 0.25) is 0 Å². The van der Waals surface area contributed by atoms with E-state index < -0.39 is 17.4 Å². The fourth-order valence-electron chi connectivity index (χ4n) is 2.38. The van der Waals surface area contributed by atoms with E-state index in [1.165, 1.54) is 24.1 Å². The number of carbonyl (C=O) groups excluding carboxylic acids is 2. The summed E-state index contributed by atoms with van der Waals surface area (Å²) in [6.45, 7) is 0.0202. The van der Waals surface area contributed by atoms with Crippen LogP contribution in [0, 0.1) is 5.82 Å². The number of benzene rings is 1. The van der Waals surface area contributed by atoms with Crippen molar-refractivity contribution in [3.8, 4) is 0 Å². The Morgan fingerprint density at radius 2 is 2.09 bits per heavy atom. The Kier molecular flexibility index (Phi) is 3.69. The van der Waals surface area contributed by atoms with Crippen molar-refractivity contribution < 1.29 is 23.5 Å².